The molecule has 1 unspecified atom stereocenters. The summed E-state index contributed by atoms with van der Waals surface area (Å²) in [5.74, 6) is 0.255. The van der Waals surface area contributed by atoms with Crippen molar-refractivity contribution in [1.29, 1.82) is 0 Å². The second-order valence-corrected chi connectivity index (χ2v) is 11.2. The SMILES string of the molecule is [2H]N(C[B][B])c1nc(OC(C)CCC)nn2c(C3(O)CC4(CCN(C(=O)OC(C)(C)C)CC4)C3)cnc12. The third-order valence-corrected chi connectivity index (χ3v) is 6.96. The standard InChI is InChI=1S/C24H37B2N6O4/c1-6-7-16(2)35-20-29-18(28-15-26-25)19-27-12-17(32(19)30-20)24(34)13-23(14-24)8-10-31(11-9-23)21(33)36-22(3,4)5/h12,16,34H,6-11,13-15H2,1-5H3,(H,28,29,30)/i/hD. The van der Waals surface area contributed by atoms with E-state index in [-0.39, 0.29) is 35.9 Å². The fourth-order valence-electron chi connectivity index (χ4n) is 5.32. The molecule has 3 radical (unpaired) electrons. The van der Waals surface area contributed by atoms with Crippen molar-refractivity contribution in [2.45, 2.75) is 90.4 Å². The first kappa shape index (κ1) is 25.2. The maximum Gasteiger partial charge on any atom is 0.410 e. The Bertz CT molecular complexity index is 1110. The van der Waals surface area contributed by atoms with E-state index in [1.165, 1.54) is 7.17 Å². The van der Waals surface area contributed by atoms with Gasteiger partial charge in [-0.2, -0.15) is 4.98 Å². The number of rotatable bonds is 8. The number of ether oxygens (including phenoxy) is 2. The van der Waals surface area contributed by atoms with Crippen LogP contribution < -0.4 is 10.0 Å². The number of fused-ring (bicyclic) bond motifs is 1. The molecule has 1 amide bonds. The minimum absolute atomic E-state index is 0.0573. The summed E-state index contributed by atoms with van der Waals surface area (Å²) in [5, 5.41) is 17.3. The van der Waals surface area contributed by atoms with Crippen molar-refractivity contribution >= 4 is 32.5 Å². The highest BCUT2D eigenvalue weighted by molar-refractivity contribution is 6.89. The molecule has 193 valence electrons. The summed E-state index contributed by atoms with van der Waals surface area (Å²) in [5.41, 5.74) is -0.808. The highest BCUT2D eigenvalue weighted by atomic mass is 16.6. The first-order chi connectivity index (χ1) is 17.4. The van der Waals surface area contributed by atoms with E-state index in [1.807, 2.05) is 27.7 Å². The number of carbonyl (C=O) groups is 1. The Morgan fingerprint density at radius 2 is 2.08 bits per heavy atom. The number of hydrogen-bond acceptors (Lipinski definition) is 8. The van der Waals surface area contributed by atoms with E-state index in [2.05, 4.69) is 22.0 Å². The lowest BCUT2D eigenvalue weighted by Crippen LogP contribution is -2.56. The fraction of sp³-hybridized carbons (Fsp3) is 0.750. The van der Waals surface area contributed by atoms with Crippen LogP contribution in [0.15, 0.2) is 6.20 Å². The number of amides is 1. The minimum atomic E-state index is -1.13. The van der Waals surface area contributed by atoms with Crippen LogP contribution in [0.3, 0.4) is 0 Å². The van der Waals surface area contributed by atoms with Gasteiger partial charge in [0.25, 0.3) is 0 Å². The number of hydrogen-bond donors (Lipinski definition) is 2. The van der Waals surface area contributed by atoms with Crippen LogP contribution in [-0.2, 0) is 10.3 Å². The van der Waals surface area contributed by atoms with Gasteiger partial charge in [-0.3, -0.25) is 0 Å². The van der Waals surface area contributed by atoms with Crippen molar-refractivity contribution in [2.24, 2.45) is 5.41 Å². The summed E-state index contributed by atoms with van der Waals surface area (Å²) in [7, 11) is 6.91. The van der Waals surface area contributed by atoms with Crippen molar-refractivity contribution in [3.05, 3.63) is 11.9 Å². The van der Waals surface area contributed by atoms with Crippen LogP contribution in [0, 0.1) is 5.41 Å². The normalized spacial score (nSPS) is 19.9. The Morgan fingerprint density at radius 1 is 1.39 bits per heavy atom. The fourth-order valence-corrected chi connectivity index (χ4v) is 5.32. The lowest BCUT2D eigenvalue weighted by molar-refractivity contribution is -0.157. The number of carbonyl (C=O) groups excluding carboxylic acids is 1. The maximum atomic E-state index is 12.5. The molecule has 36 heavy (non-hydrogen) atoms. The molecule has 1 aliphatic heterocycles. The molecule has 1 atom stereocenters. The Hall–Kier alpha value is -2.49. The van der Waals surface area contributed by atoms with E-state index in [4.69, 9.17) is 18.6 Å². The Morgan fingerprint density at radius 3 is 2.69 bits per heavy atom. The van der Waals surface area contributed by atoms with Crippen LogP contribution >= 0.6 is 0 Å². The smallest absolute Gasteiger partial charge is 0.410 e. The van der Waals surface area contributed by atoms with Crippen molar-refractivity contribution in [2.75, 3.05) is 24.8 Å². The van der Waals surface area contributed by atoms with Crippen LogP contribution in [0.4, 0.5) is 10.6 Å². The third kappa shape index (κ3) is 5.58. The summed E-state index contributed by atoms with van der Waals surface area (Å²) < 4.78 is 21.4. The van der Waals surface area contributed by atoms with Gasteiger partial charge in [-0.05, 0) is 71.7 Å². The molecule has 2 N–H and O–H groups in total. The first-order valence-electron chi connectivity index (χ1n) is 13.3. The van der Waals surface area contributed by atoms with Crippen LogP contribution in [0.25, 0.3) is 5.65 Å². The van der Waals surface area contributed by atoms with Crippen molar-refractivity contribution < 1.29 is 20.8 Å². The molecule has 1 saturated heterocycles. The number of nitrogens with one attached hydrogen (secondary N) is 1. The Kier molecular flexibility index (Phi) is 7.07. The average Bonchev–Trinajstić information content (AvgIpc) is 3.21. The van der Waals surface area contributed by atoms with Gasteiger partial charge in [0, 0.05) is 20.8 Å². The lowest BCUT2D eigenvalue weighted by atomic mass is 9.54. The third-order valence-electron chi connectivity index (χ3n) is 6.96. The van der Waals surface area contributed by atoms with E-state index in [9.17, 15) is 9.90 Å². The summed E-state index contributed by atoms with van der Waals surface area (Å²) in [6.07, 6.45) is 5.81. The van der Waals surface area contributed by atoms with Crippen LogP contribution in [-0.4, -0.2) is 81.8 Å². The lowest BCUT2D eigenvalue weighted by Gasteiger charge is -2.56. The molecule has 12 heteroatoms. The zero-order valence-corrected chi connectivity index (χ0v) is 22.0. The minimum Gasteiger partial charge on any atom is -0.459 e. The van der Waals surface area contributed by atoms with Crippen molar-refractivity contribution in [1.82, 2.24) is 24.5 Å². The summed E-state index contributed by atoms with van der Waals surface area (Å²) in [6.45, 7) is 10.8. The predicted molar refractivity (Wildman–Crippen MR) is 138 cm³/mol. The van der Waals surface area contributed by atoms with Gasteiger partial charge in [0.2, 0.25) is 0 Å². The second-order valence-electron chi connectivity index (χ2n) is 11.2. The molecule has 10 nitrogen and oxygen atoms in total. The van der Waals surface area contributed by atoms with E-state index in [1.54, 1.807) is 15.6 Å². The molecular formula is C24H37B2N6O4. The maximum absolute atomic E-state index is 12.5. The number of piperidine rings is 1. The number of likely N-dealkylation sites (tertiary alicyclic amines) is 1. The molecule has 2 aromatic heterocycles. The van der Waals surface area contributed by atoms with E-state index < -0.39 is 11.2 Å². The van der Waals surface area contributed by atoms with E-state index in [0.29, 0.717) is 37.3 Å². The van der Waals surface area contributed by atoms with Gasteiger partial charge in [-0.15, -0.1) is 5.10 Å². The molecule has 3 heterocycles. The van der Waals surface area contributed by atoms with Gasteiger partial charge in [0.15, 0.2) is 12.9 Å². The molecule has 1 aliphatic carbocycles. The average molecular weight is 496 g/mol. The van der Waals surface area contributed by atoms with Crippen LogP contribution in [0.2, 0.25) is 1.41 Å². The van der Waals surface area contributed by atoms with E-state index in [0.717, 1.165) is 31.0 Å². The monoisotopic (exact) mass is 496 g/mol. The summed E-state index contributed by atoms with van der Waals surface area (Å²) in [4.78, 5) is 23.1. The Balaban J connectivity index is 1.54. The van der Waals surface area contributed by atoms with Gasteiger partial charge < -0.3 is 24.8 Å². The molecule has 2 fully saturated rings. The highest BCUT2D eigenvalue weighted by Crippen LogP contribution is 2.59. The number of nitrogens with zero attached hydrogens (tertiary/aromatic N) is 5. The number of imidazole rings is 1. The van der Waals surface area contributed by atoms with Gasteiger partial charge >= 0.3 is 12.1 Å². The molecular weight excluding hydrogens is 458 g/mol. The molecule has 0 aromatic carbocycles. The molecule has 2 aliphatic rings. The van der Waals surface area contributed by atoms with Crippen molar-refractivity contribution in [3.63, 3.8) is 0 Å². The van der Waals surface area contributed by atoms with Crippen LogP contribution in [0.1, 0.15) is 78.8 Å². The second kappa shape index (κ2) is 10.1. The molecule has 2 aromatic rings. The highest BCUT2D eigenvalue weighted by Gasteiger charge is 2.57. The van der Waals surface area contributed by atoms with Crippen LogP contribution in [0.5, 0.6) is 6.01 Å². The molecule has 4 rings (SSSR count). The van der Waals surface area contributed by atoms with Gasteiger partial charge in [-0.1, -0.05) is 13.3 Å². The largest absolute Gasteiger partial charge is 0.459 e. The summed E-state index contributed by atoms with van der Waals surface area (Å²) >= 11 is 0. The number of anilines is 1. The molecule has 1 saturated carbocycles. The quantitative estimate of drug-likeness (QED) is 0.537. The van der Waals surface area contributed by atoms with Gasteiger partial charge in [0.1, 0.15) is 11.2 Å². The predicted octanol–water partition coefficient (Wildman–Crippen LogP) is 2.85. The Labute approximate surface area is 216 Å². The van der Waals surface area contributed by atoms with E-state index >= 15 is 0 Å². The summed E-state index contributed by atoms with van der Waals surface area (Å²) in [6, 6.07) is 0.125. The van der Waals surface area contributed by atoms with Crippen molar-refractivity contribution in [3.8, 4) is 6.01 Å². The first-order valence-corrected chi connectivity index (χ1v) is 12.8. The molecule has 0 bridgehead atoms. The number of aliphatic hydroxyl groups is 1. The molecule has 1 spiro atoms. The zero-order chi connectivity index (χ0) is 27.0. The number of aromatic nitrogens is 4. The zero-order valence-electron chi connectivity index (χ0n) is 23.0. The van der Waals surface area contributed by atoms with Gasteiger partial charge in [-0.25, -0.2) is 14.3 Å². The topological polar surface area (TPSA) is 114 Å². The van der Waals surface area contributed by atoms with Gasteiger partial charge in [0.05, 0.1) is 25.2 Å².